The lowest BCUT2D eigenvalue weighted by atomic mass is 10.1. The van der Waals surface area contributed by atoms with E-state index in [9.17, 15) is 9.59 Å². The van der Waals surface area contributed by atoms with Gasteiger partial charge in [0.1, 0.15) is 0 Å². The van der Waals surface area contributed by atoms with Gasteiger partial charge < -0.3 is 9.80 Å². The number of carbonyl (C=O) groups is 2. The predicted molar refractivity (Wildman–Crippen MR) is 63.4 cm³/mol. The molecule has 3 saturated heterocycles. The Morgan fingerprint density at radius 1 is 1.18 bits per heavy atom. The topological polar surface area (TPSA) is 61.4 Å². The number of hydrogen-bond acceptors (Lipinski definition) is 3. The monoisotopic (exact) mass is 241 g/mol. The molecule has 2 bridgehead atoms. The second-order valence-electron chi connectivity index (χ2n) is 4.92. The molecule has 0 spiro atoms. The van der Waals surface area contributed by atoms with Crippen LogP contribution >= 0.6 is 0 Å². The number of quaternary nitrogens is 1. The predicted octanol–water partition coefficient (Wildman–Crippen LogP) is -1.02. The Labute approximate surface area is 102 Å². The van der Waals surface area contributed by atoms with E-state index in [-0.39, 0.29) is 11.9 Å². The van der Waals surface area contributed by atoms with E-state index in [1.807, 2.05) is 6.92 Å². The number of imide groups is 1. The minimum absolute atomic E-state index is 0.161. The highest BCUT2D eigenvalue weighted by Gasteiger charge is 2.39. The van der Waals surface area contributed by atoms with E-state index in [4.69, 9.17) is 0 Å². The number of carbonyl (C=O) groups excluding carboxylic acids is 2. The minimum Gasteiger partial charge on any atom is -0.338 e. The van der Waals surface area contributed by atoms with Crippen LogP contribution in [-0.2, 0) is 4.79 Å². The molecule has 17 heavy (non-hydrogen) atoms. The molecule has 0 aromatic carbocycles. The van der Waals surface area contributed by atoms with Crippen molar-refractivity contribution in [3.8, 4) is 0 Å². The van der Waals surface area contributed by atoms with E-state index < -0.39 is 0 Å². The SMILES string of the molecule is CCNC(=O)NC(=O)C[N+]12CCN(CC1)CC2. The smallest absolute Gasteiger partial charge is 0.321 e. The summed E-state index contributed by atoms with van der Waals surface area (Å²) in [5, 5.41) is 4.95. The van der Waals surface area contributed by atoms with Gasteiger partial charge in [-0.1, -0.05) is 0 Å². The molecule has 0 atom stereocenters. The van der Waals surface area contributed by atoms with E-state index in [1.54, 1.807) is 0 Å². The first-order valence-corrected chi connectivity index (χ1v) is 6.29. The molecular formula is C11H21N4O2+. The normalized spacial score (nSPS) is 31.0. The Hall–Kier alpha value is -1.14. The molecular weight excluding hydrogens is 220 g/mol. The minimum atomic E-state index is -0.383. The highest BCUT2D eigenvalue weighted by Crippen LogP contribution is 2.18. The molecule has 0 unspecified atom stereocenters. The molecule has 3 aliphatic rings. The number of amides is 3. The summed E-state index contributed by atoms with van der Waals surface area (Å²) in [5.74, 6) is -0.161. The fourth-order valence-electron chi connectivity index (χ4n) is 2.64. The van der Waals surface area contributed by atoms with E-state index in [0.717, 1.165) is 43.8 Å². The van der Waals surface area contributed by atoms with Gasteiger partial charge >= 0.3 is 6.03 Å². The zero-order chi connectivity index (χ0) is 12.3. The first kappa shape index (κ1) is 12.3. The van der Waals surface area contributed by atoms with Crippen LogP contribution < -0.4 is 10.6 Å². The highest BCUT2D eigenvalue weighted by atomic mass is 16.2. The number of piperazine rings is 3. The molecule has 3 fully saturated rings. The molecule has 0 radical (unpaired) electrons. The Balaban J connectivity index is 1.83. The van der Waals surface area contributed by atoms with Gasteiger partial charge in [-0.3, -0.25) is 15.0 Å². The highest BCUT2D eigenvalue weighted by molar-refractivity contribution is 5.94. The summed E-state index contributed by atoms with van der Waals surface area (Å²) in [5.41, 5.74) is 0. The van der Waals surface area contributed by atoms with Crippen molar-refractivity contribution in [1.29, 1.82) is 0 Å². The second kappa shape index (κ2) is 5.01. The van der Waals surface area contributed by atoms with Crippen LogP contribution in [0.15, 0.2) is 0 Å². The van der Waals surface area contributed by atoms with Crippen LogP contribution in [0.4, 0.5) is 4.79 Å². The fourth-order valence-corrected chi connectivity index (χ4v) is 2.64. The Bertz CT molecular complexity index is 297. The standard InChI is InChI=1S/C11H20N4O2/c1-2-12-11(17)13-10(16)9-15-6-3-14(4-7-15)5-8-15/h2-9H2,1H3,(H-,12,13,16,17)/p+1. The van der Waals surface area contributed by atoms with E-state index in [2.05, 4.69) is 15.5 Å². The zero-order valence-corrected chi connectivity index (χ0v) is 10.4. The molecule has 3 amide bonds. The van der Waals surface area contributed by atoms with E-state index >= 15 is 0 Å². The Morgan fingerprint density at radius 3 is 2.29 bits per heavy atom. The third kappa shape index (κ3) is 2.95. The first-order valence-electron chi connectivity index (χ1n) is 6.29. The lowest BCUT2D eigenvalue weighted by Crippen LogP contribution is -2.69. The maximum atomic E-state index is 11.8. The average Bonchev–Trinajstić information content (AvgIpc) is 2.30. The van der Waals surface area contributed by atoms with Crippen molar-refractivity contribution >= 4 is 11.9 Å². The van der Waals surface area contributed by atoms with Crippen LogP contribution in [0, 0.1) is 0 Å². The van der Waals surface area contributed by atoms with Gasteiger partial charge in [0.05, 0.1) is 19.6 Å². The summed E-state index contributed by atoms with van der Waals surface area (Å²) in [6, 6.07) is -0.383. The summed E-state index contributed by atoms with van der Waals surface area (Å²) >= 11 is 0. The van der Waals surface area contributed by atoms with Gasteiger partial charge in [-0.25, -0.2) is 4.79 Å². The van der Waals surface area contributed by atoms with Crippen molar-refractivity contribution in [3.05, 3.63) is 0 Å². The maximum Gasteiger partial charge on any atom is 0.321 e. The second-order valence-corrected chi connectivity index (χ2v) is 4.92. The summed E-state index contributed by atoms with van der Waals surface area (Å²) in [4.78, 5) is 25.4. The first-order chi connectivity index (χ1) is 8.13. The lowest BCUT2D eigenvalue weighted by Gasteiger charge is -2.49. The van der Waals surface area contributed by atoms with Crippen molar-refractivity contribution in [3.63, 3.8) is 0 Å². The van der Waals surface area contributed by atoms with Gasteiger partial charge in [0.15, 0.2) is 6.54 Å². The third-order valence-corrected chi connectivity index (χ3v) is 3.74. The molecule has 0 saturated carbocycles. The van der Waals surface area contributed by atoms with Gasteiger partial charge in [-0.2, -0.15) is 0 Å². The molecule has 0 aromatic heterocycles. The van der Waals surface area contributed by atoms with Gasteiger partial charge in [0, 0.05) is 26.2 Å². The third-order valence-electron chi connectivity index (χ3n) is 3.74. The number of rotatable bonds is 3. The van der Waals surface area contributed by atoms with Crippen LogP contribution in [0.25, 0.3) is 0 Å². The Morgan fingerprint density at radius 2 is 1.76 bits per heavy atom. The van der Waals surface area contributed by atoms with Crippen LogP contribution in [0.3, 0.4) is 0 Å². The molecule has 3 rings (SSSR count). The lowest BCUT2D eigenvalue weighted by molar-refractivity contribution is -0.933. The Kier molecular flexibility index (Phi) is 3.63. The van der Waals surface area contributed by atoms with Gasteiger partial charge in [-0.05, 0) is 6.92 Å². The average molecular weight is 241 g/mol. The van der Waals surface area contributed by atoms with Crippen LogP contribution in [0.5, 0.6) is 0 Å². The van der Waals surface area contributed by atoms with Crippen molar-refractivity contribution in [2.75, 3.05) is 52.4 Å². The number of fused-ring (bicyclic) bond motifs is 3. The number of urea groups is 1. The van der Waals surface area contributed by atoms with E-state index in [0.29, 0.717) is 13.1 Å². The molecule has 2 N–H and O–H groups in total. The molecule has 3 aliphatic heterocycles. The summed E-state index contributed by atoms with van der Waals surface area (Å²) in [6.07, 6.45) is 0. The molecule has 96 valence electrons. The summed E-state index contributed by atoms with van der Waals surface area (Å²) in [6.45, 7) is 9.13. The molecule has 3 heterocycles. The number of hydrogen-bond donors (Lipinski definition) is 2. The summed E-state index contributed by atoms with van der Waals surface area (Å²) < 4.78 is 0.849. The number of nitrogens with one attached hydrogen (secondary N) is 2. The van der Waals surface area contributed by atoms with Gasteiger partial charge in [0.2, 0.25) is 0 Å². The van der Waals surface area contributed by atoms with Crippen molar-refractivity contribution in [2.24, 2.45) is 0 Å². The molecule has 6 heteroatoms. The van der Waals surface area contributed by atoms with Crippen LogP contribution in [0.2, 0.25) is 0 Å². The van der Waals surface area contributed by atoms with Gasteiger partial charge in [-0.15, -0.1) is 0 Å². The largest absolute Gasteiger partial charge is 0.338 e. The van der Waals surface area contributed by atoms with Crippen LogP contribution in [0.1, 0.15) is 6.92 Å². The van der Waals surface area contributed by atoms with Crippen molar-refractivity contribution < 1.29 is 14.1 Å². The fraction of sp³-hybridized carbons (Fsp3) is 0.818. The zero-order valence-electron chi connectivity index (χ0n) is 10.4. The quantitative estimate of drug-likeness (QED) is 0.622. The maximum absolute atomic E-state index is 11.8. The number of nitrogens with zero attached hydrogens (tertiary/aromatic N) is 2. The molecule has 0 aromatic rings. The van der Waals surface area contributed by atoms with Crippen molar-refractivity contribution in [1.82, 2.24) is 15.5 Å². The molecule has 6 nitrogen and oxygen atoms in total. The van der Waals surface area contributed by atoms with Crippen molar-refractivity contribution in [2.45, 2.75) is 6.92 Å². The van der Waals surface area contributed by atoms with Crippen LogP contribution in [-0.4, -0.2) is 73.7 Å². The molecule has 0 aliphatic carbocycles. The summed E-state index contributed by atoms with van der Waals surface area (Å²) in [7, 11) is 0. The van der Waals surface area contributed by atoms with E-state index in [1.165, 1.54) is 0 Å². The van der Waals surface area contributed by atoms with Gasteiger partial charge in [0.25, 0.3) is 5.91 Å².